The lowest BCUT2D eigenvalue weighted by atomic mass is 9.90. The zero-order chi connectivity index (χ0) is 20.9. The minimum atomic E-state index is -0.0715. The molecule has 0 N–H and O–H groups in total. The quantitative estimate of drug-likeness (QED) is 0.673. The first-order valence-electron chi connectivity index (χ1n) is 11.1. The Labute approximate surface area is 179 Å². The number of hydrogen-bond acceptors (Lipinski definition) is 6. The molecule has 30 heavy (non-hydrogen) atoms. The summed E-state index contributed by atoms with van der Waals surface area (Å²) in [5, 5.41) is 0. The number of piperidine rings is 1. The Morgan fingerprint density at radius 1 is 1.23 bits per heavy atom. The molecule has 0 bridgehead atoms. The van der Waals surface area contributed by atoms with Crippen LogP contribution in [0.25, 0.3) is 0 Å². The maximum atomic E-state index is 12.0. The van der Waals surface area contributed by atoms with Gasteiger partial charge in [0.25, 0.3) is 5.91 Å². The first-order chi connectivity index (χ1) is 14.6. The lowest BCUT2D eigenvalue weighted by Gasteiger charge is -2.38. The van der Waals surface area contributed by atoms with Gasteiger partial charge in [0.05, 0.1) is 24.5 Å². The average molecular weight is 412 g/mol. The lowest BCUT2D eigenvalue weighted by Crippen LogP contribution is -2.43. The highest BCUT2D eigenvalue weighted by Crippen LogP contribution is 2.28. The highest BCUT2D eigenvalue weighted by molar-refractivity contribution is 5.92. The van der Waals surface area contributed by atoms with Crippen LogP contribution in [0.15, 0.2) is 35.5 Å². The van der Waals surface area contributed by atoms with E-state index in [1.54, 1.807) is 19.0 Å². The molecule has 2 fully saturated rings. The molecular weight excluding hydrogens is 378 g/mol. The third-order valence-electron chi connectivity index (χ3n) is 6.20. The molecule has 0 aliphatic carbocycles. The smallest absolute Gasteiger partial charge is 0.271 e. The predicted molar refractivity (Wildman–Crippen MR) is 119 cm³/mol. The number of hydrogen-bond donors (Lipinski definition) is 0. The molecule has 1 aromatic heterocycles. The number of carbonyl (C=O) groups excluding carboxylic acids is 1. The Hall–Kier alpha value is -2.41. The van der Waals surface area contributed by atoms with Crippen molar-refractivity contribution >= 4 is 17.5 Å². The maximum Gasteiger partial charge on any atom is 0.271 e. The minimum Gasteiger partial charge on any atom is -0.478 e. The second-order valence-corrected chi connectivity index (χ2v) is 8.64. The van der Waals surface area contributed by atoms with Gasteiger partial charge in [0.15, 0.2) is 0 Å². The van der Waals surface area contributed by atoms with Crippen LogP contribution in [-0.2, 0) is 4.74 Å². The van der Waals surface area contributed by atoms with Crippen molar-refractivity contribution in [3.63, 3.8) is 0 Å². The van der Waals surface area contributed by atoms with Crippen LogP contribution in [0.5, 0.6) is 0 Å². The van der Waals surface area contributed by atoms with E-state index in [0.29, 0.717) is 17.7 Å². The largest absolute Gasteiger partial charge is 0.478 e. The van der Waals surface area contributed by atoms with Crippen LogP contribution in [0.1, 0.15) is 36.2 Å². The fourth-order valence-corrected chi connectivity index (χ4v) is 4.45. The summed E-state index contributed by atoms with van der Waals surface area (Å²) < 4.78 is 5.94. The average Bonchev–Trinajstić information content (AvgIpc) is 3.29. The molecule has 162 valence electrons. The number of fused-ring (bicyclic) bond motifs is 1. The van der Waals surface area contributed by atoms with E-state index in [1.807, 2.05) is 24.4 Å². The monoisotopic (exact) mass is 411 g/mol. The van der Waals surface area contributed by atoms with Crippen molar-refractivity contribution in [1.29, 1.82) is 0 Å². The molecule has 0 saturated carbocycles. The zero-order valence-electron chi connectivity index (χ0n) is 18.2. The zero-order valence-corrected chi connectivity index (χ0v) is 18.2. The number of rotatable bonds is 6. The molecule has 0 aromatic carbocycles. The summed E-state index contributed by atoms with van der Waals surface area (Å²) in [4.78, 5) is 27.6. The van der Waals surface area contributed by atoms with E-state index in [1.165, 1.54) is 25.9 Å². The Balaban J connectivity index is 1.26. The molecule has 0 radical (unpaired) electrons. The first-order valence-corrected chi connectivity index (χ1v) is 11.1. The van der Waals surface area contributed by atoms with Gasteiger partial charge in [-0.2, -0.15) is 0 Å². The van der Waals surface area contributed by atoms with Crippen LogP contribution in [0.2, 0.25) is 0 Å². The molecule has 3 aliphatic heterocycles. The van der Waals surface area contributed by atoms with Gasteiger partial charge >= 0.3 is 0 Å². The number of anilines is 1. The van der Waals surface area contributed by atoms with Crippen molar-refractivity contribution in [2.75, 3.05) is 58.3 Å². The second kappa shape index (κ2) is 9.60. The molecule has 7 nitrogen and oxygen atoms in total. The van der Waals surface area contributed by atoms with E-state index in [2.05, 4.69) is 20.9 Å². The van der Waals surface area contributed by atoms with Crippen LogP contribution in [-0.4, -0.2) is 86.1 Å². The fraction of sp³-hybridized carbons (Fsp3) is 0.609. The van der Waals surface area contributed by atoms with Crippen molar-refractivity contribution in [1.82, 2.24) is 14.8 Å². The number of carbonyl (C=O) groups is 1. The summed E-state index contributed by atoms with van der Waals surface area (Å²) >= 11 is 0. The van der Waals surface area contributed by atoms with Crippen molar-refractivity contribution in [2.45, 2.75) is 31.7 Å². The summed E-state index contributed by atoms with van der Waals surface area (Å²) in [6.07, 6.45) is 10.8. The van der Waals surface area contributed by atoms with Gasteiger partial charge in [-0.3, -0.25) is 4.79 Å². The lowest BCUT2D eigenvalue weighted by molar-refractivity contribution is 0.0822. The van der Waals surface area contributed by atoms with Gasteiger partial charge < -0.3 is 19.4 Å². The van der Waals surface area contributed by atoms with Crippen LogP contribution in [0.3, 0.4) is 0 Å². The van der Waals surface area contributed by atoms with Crippen molar-refractivity contribution < 1.29 is 9.53 Å². The van der Waals surface area contributed by atoms with E-state index in [0.717, 1.165) is 50.7 Å². The molecule has 1 aromatic rings. The van der Waals surface area contributed by atoms with E-state index >= 15 is 0 Å². The summed E-state index contributed by atoms with van der Waals surface area (Å²) in [5.74, 6) is 1.11. The van der Waals surface area contributed by atoms with Crippen molar-refractivity contribution in [3.05, 3.63) is 36.2 Å². The number of aromatic nitrogens is 1. The third kappa shape index (κ3) is 5.01. The van der Waals surface area contributed by atoms with Crippen LogP contribution in [0.4, 0.5) is 5.69 Å². The maximum absolute atomic E-state index is 12.0. The Kier molecular flexibility index (Phi) is 6.67. The van der Waals surface area contributed by atoms with Gasteiger partial charge in [-0.05, 0) is 57.0 Å². The van der Waals surface area contributed by atoms with Gasteiger partial charge in [0.2, 0.25) is 5.90 Å². The Morgan fingerprint density at radius 3 is 2.80 bits per heavy atom. The number of ether oxygens (including phenoxy) is 1. The van der Waals surface area contributed by atoms with E-state index in [-0.39, 0.29) is 5.91 Å². The molecule has 1 amide bonds. The number of likely N-dealkylation sites (tertiary alicyclic amines) is 1. The van der Waals surface area contributed by atoms with E-state index in [9.17, 15) is 4.79 Å². The molecule has 4 rings (SSSR count). The highest BCUT2D eigenvalue weighted by atomic mass is 16.5. The SMILES string of the molecule is CN(C)C(=O)c1ccc(N2CCC3N=C(OCCCN4CCCC4)C=CC3C2)cn1. The summed E-state index contributed by atoms with van der Waals surface area (Å²) in [5.41, 5.74) is 1.54. The van der Waals surface area contributed by atoms with Crippen LogP contribution < -0.4 is 4.90 Å². The molecule has 2 atom stereocenters. The van der Waals surface area contributed by atoms with Crippen molar-refractivity contribution in [2.24, 2.45) is 10.9 Å². The summed E-state index contributed by atoms with van der Waals surface area (Å²) in [6.45, 7) is 6.20. The van der Waals surface area contributed by atoms with Crippen molar-refractivity contribution in [3.8, 4) is 0 Å². The Morgan fingerprint density at radius 2 is 2.07 bits per heavy atom. The van der Waals surface area contributed by atoms with Crippen LogP contribution in [0, 0.1) is 5.92 Å². The third-order valence-corrected chi connectivity index (χ3v) is 6.20. The van der Waals surface area contributed by atoms with E-state index < -0.39 is 0 Å². The summed E-state index contributed by atoms with van der Waals surface area (Å²) in [6, 6.07) is 4.10. The summed E-state index contributed by atoms with van der Waals surface area (Å²) in [7, 11) is 3.48. The minimum absolute atomic E-state index is 0.0715. The Bertz CT molecular complexity index is 783. The van der Waals surface area contributed by atoms with E-state index in [4.69, 9.17) is 9.73 Å². The second-order valence-electron chi connectivity index (χ2n) is 8.64. The van der Waals surface area contributed by atoms with Gasteiger partial charge in [0.1, 0.15) is 5.69 Å². The highest BCUT2D eigenvalue weighted by Gasteiger charge is 2.30. The molecular formula is C23H33N5O2. The molecule has 2 saturated heterocycles. The van der Waals surface area contributed by atoms with Gasteiger partial charge in [-0.25, -0.2) is 9.98 Å². The fourth-order valence-electron chi connectivity index (χ4n) is 4.45. The normalized spacial score (nSPS) is 23.8. The molecule has 4 heterocycles. The number of amides is 1. The number of nitrogens with zero attached hydrogens (tertiary/aromatic N) is 5. The van der Waals surface area contributed by atoms with Gasteiger partial charge in [-0.1, -0.05) is 6.08 Å². The topological polar surface area (TPSA) is 61.3 Å². The standard InChI is InChI=1S/C23H33N5O2/c1-26(2)23(29)21-8-7-19(16-24-21)28-14-10-20-18(17-28)6-9-22(25-20)30-15-5-13-27-11-3-4-12-27/h6-9,16,18,20H,3-5,10-15,17H2,1-2H3. The number of dihydropyridines is 1. The molecule has 7 heteroatoms. The molecule has 0 spiro atoms. The van der Waals surface area contributed by atoms with Crippen LogP contribution >= 0.6 is 0 Å². The molecule has 3 aliphatic rings. The number of aliphatic imine (C=N–C) groups is 1. The molecule has 2 unspecified atom stereocenters. The predicted octanol–water partition coefficient (Wildman–Crippen LogP) is 2.45. The number of pyridine rings is 1. The van der Waals surface area contributed by atoms with Gasteiger partial charge in [0, 0.05) is 39.6 Å². The van der Waals surface area contributed by atoms with Gasteiger partial charge in [-0.15, -0.1) is 0 Å². The first kappa shape index (κ1) is 20.8.